The Kier molecular flexibility index (Phi) is 5.46. The number of nitrogens with two attached hydrogens (primary N) is 1. The number of carboxylic acid groups (broad SMARTS) is 1. The van der Waals surface area contributed by atoms with E-state index in [0.717, 1.165) is 0 Å². The van der Waals surface area contributed by atoms with Crippen molar-refractivity contribution in [3.05, 3.63) is 35.4 Å². The molecule has 6 nitrogen and oxygen atoms in total. The van der Waals surface area contributed by atoms with Crippen LogP contribution >= 0.6 is 0 Å². The predicted molar refractivity (Wildman–Crippen MR) is 77.9 cm³/mol. The van der Waals surface area contributed by atoms with Gasteiger partial charge in [-0.05, 0) is 37.1 Å². The number of amides is 2. The molecule has 6 heteroatoms. The van der Waals surface area contributed by atoms with Crippen LogP contribution in [0.25, 0.3) is 0 Å². The van der Waals surface area contributed by atoms with Crippen LogP contribution in [-0.4, -0.2) is 29.4 Å². The number of benzene rings is 1. The Balaban J connectivity index is 2.77. The highest BCUT2D eigenvalue weighted by Gasteiger charge is 2.35. The summed E-state index contributed by atoms with van der Waals surface area (Å²) in [4.78, 5) is 34.3. The second-order valence-corrected chi connectivity index (χ2v) is 4.92. The van der Waals surface area contributed by atoms with E-state index in [-0.39, 0.29) is 12.5 Å². The van der Waals surface area contributed by atoms with Gasteiger partial charge in [0.05, 0.1) is 5.41 Å². The van der Waals surface area contributed by atoms with E-state index in [0.29, 0.717) is 24.0 Å². The maximum Gasteiger partial charge on any atom is 0.311 e. The van der Waals surface area contributed by atoms with Crippen LogP contribution in [0.5, 0.6) is 0 Å². The first-order chi connectivity index (χ1) is 9.86. The molecule has 114 valence electrons. The van der Waals surface area contributed by atoms with E-state index >= 15 is 0 Å². The van der Waals surface area contributed by atoms with Crippen molar-refractivity contribution in [3.63, 3.8) is 0 Å². The number of hydrogen-bond donors (Lipinski definition) is 3. The summed E-state index contributed by atoms with van der Waals surface area (Å²) >= 11 is 0. The summed E-state index contributed by atoms with van der Waals surface area (Å²) in [6.07, 6.45) is 0.861. The van der Waals surface area contributed by atoms with Gasteiger partial charge in [0.15, 0.2) is 0 Å². The molecule has 0 bridgehead atoms. The van der Waals surface area contributed by atoms with Crippen molar-refractivity contribution in [1.82, 2.24) is 5.32 Å². The third-order valence-electron chi connectivity index (χ3n) is 3.83. The molecule has 1 aromatic rings. The molecule has 2 amide bonds. The number of carboxylic acids is 1. The SMILES string of the molecule is CCC(CC)(CNC(=O)c1ccc(C(N)=O)cc1)C(=O)O. The van der Waals surface area contributed by atoms with E-state index in [2.05, 4.69) is 5.32 Å². The summed E-state index contributed by atoms with van der Waals surface area (Å²) in [5, 5.41) is 11.9. The van der Waals surface area contributed by atoms with Crippen LogP contribution in [0.3, 0.4) is 0 Å². The Morgan fingerprint density at radius 3 is 1.95 bits per heavy atom. The molecule has 0 heterocycles. The molecule has 0 saturated heterocycles. The Morgan fingerprint density at radius 2 is 1.57 bits per heavy atom. The summed E-state index contributed by atoms with van der Waals surface area (Å²) in [5.74, 6) is -1.86. The fraction of sp³-hybridized carbons (Fsp3) is 0.400. The highest BCUT2D eigenvalue weighted by molar-refractivity contribution is 5.97. The molecule has 0 unspecified atom stereocenters. The van der Waals surface area contributed by atoms with Gasteiger partial charge >= 0.3 is 5.97 Å². The van der Waals surface area contributed by atoms with Gasteiger partial charge in [-0.15, -0.1) is 0 Å². The van der Waals surface area contributed by atoms with Crippen LogP contribution in [-0.2, 0) is 4.79 Å². The highest BCUT2D eigenvalue weighted by atomic mass is 16.4. The van der Waals surface area contributed by atoms with Gasteiger partial charge < -0.3 is 16.2 Å². The minimum atomic E-state index is -0.956. The molecular formula is C15H20N2O4. The maximum atomic E-state index is 12.0. The van der Waals surface area contributed by atoms with Gasteiger partial charge in [0, 0.05) is 17.7 Å². The molecule has 4 N–H and O–H groups in total. The van der Waals surface area contributed by atoms with Crippen molar-refractivity contribution in [3.8, 4) is 0 Å². The van der Waals surface area contributed by atoms with Crippen LogP contribution in [0.15, 0.2) is 24.3 Å². The van der Waals surface area contributed by atoms with E-state index in [1.165, 1.54) is 24.3 Å². The molecular weight excluding hydrogens is 272 g/mol. The second kappa shape index (κ2) is 6.88. The molecule has 0 spiro atoms. The van der Waals surface area contributed by atoms with E-state index in [1.54, 1.807) is 13.8 Å². The number of rotatable bonds is 7. The summed E-state index contributed by atoms with van der Waals surface area (Å²) in [5.41, 5.74) is 4.83. The Labute approximate surface area is 123 Å². The average molecular weight is 292 g/mol. The zero-order valence-corrected chi connectivity index (χ0v) is 12.2. The van der Waals surface area contributed by atoms with E-state index in [9.17, 15) is 19.5 Å². The summed E-state index contributed by atoms with van der Waals surface area (Å²) in [6, 6.07) is 5.88. The monoisotopic (exact) mass is 292 g/mol. The van der Waals surface area contributed by atoms with Gasteiger partial charge in [-0.3, -0.25) is 14.4 Å². The largest absolute Gasteiger partial charge is 0.481 e. The average Bonchev–Trinajstić information content (AvgIpc) is 2.48. The number of nitrogens with one attached hydrogen (secondary N) is 1. The molecule has 0 aromatic heterocycles. The smallest absolute Gasteiger partial charge is 0.311 e. The zero-order valence-electron chi connectivity index (χ0n) is 12.2. The van der Waals surface area contributed by atoms with E-state index < -0.39 is 17.3 Å². The third kappa shape index (κ3) is 3.81. The minimum Gasteiger partial charge on any atom is -0.481 e. The van der Waals surface area contributed by atoms with Crippen LogP contribution < -0.4 is 11.1 Å². The van der Waals surface area contributed by atoms with Gasteiger partial charge in [-0.1, -0.05) is 13.8 Å². The molecule has 0 fully saturated rings. The first-order valence-electron chi connectivity index (χ1n) is 6.77. The van der Waals surface area contributed by atoms with E-state index in [4.69, 9.17) is 5.73 Å². The topological polar surface area (TPSA) is 109 Å². The van der Waals surface area contributed by atoms with E-state index in [1.807, 2.05) is 0 Å². The highest BCUT2D eigenvalue weighted by Crippen LogP contribution is 2.25. The quantitative estimate of drug-likeness (QED) is 0.705. The Morgan fingerprint density at radius 1 is 1.10 bits per heavy atom. The lowest BCUT2D eigenvalue weighted by Gasteiger charge is -2.26. The number of carbonyl (C=O) groups excluding carboxylic acids is 2. The first kappa shape index (κ1) is 16.7. The van der Waals surface area contributed by atoms with Crippen molar-refractivity contribution in [2.24, 2.45) is 11.1 Å². The first-order valence-corrected chi connectivity index (χ1v) is 6.77. The molecule has 0 aliphatic carbocycles. The van der Waals surface area contributed by atoms with Crippen LogP contribution in [0.2, 0.25) is 0 Å². The lowest BCUT2D eigenvalue weighted by Crippen LogP contribution is -2.42. The van der Waals surface area contributed by atoms with Gasteiger partial charge in [0.25, 0.3) is 5.91 Å². The van der Waals surface area contributed by atoms with Crippen LogP contribution in [0.1, 0.15) is 47.4 Å². The van der Waals surface area contributed by atoms with Crippen LogP contribution in [0, 0.1) is 5.41 Å². The standard InChI is InChI=1S/C15H20N2O4/c1-3-15(4-2,14(20)21)9-17-13(19)11-7-5-10(6-8-11)12(16)18/h5-8H,3-4,9H2,1-2H3,(H2,16,18)(H,17,19)(H,20,21). The Hall–Kier alpha value is -2.37. The molecule has 0 saturated carbocycles. The third-order valence-corrected chi connectivity index (χ3v) is 3.83. The Bertz CT molecular complexity index is 533. The fourth-order valence-corrected chi connectivity index (χ4v) is 2.02. The lowest BCUT2D eigenvalue weighted by molar-refractivity contribution is -0.149. The van der Waals surface area contributed by atoms with Gasteiger partial charge in [0.1, 0.15) is 0 Å². The summed E-state index contributed by atoms with van der Waals surface area (Å²) in [6.45, 7) is 3.63. The fourth-order valence-electron chi connectivity index (χ4n) is 2.02. The van der Waals surface area contributed by atoms with Crippen LogP contribution in [0.4, 0.5) is 0 Å². The number of aliphatic carboxylic acids is 1. The maximum absolute atomic E-state index is 12.0. The molecule has 0 atom stereocenters. The van der Waals surface area contributed by atoms with Gasteiger partial charge in [-0.25, -0.2) is 0 Å². The van der Waals surface area contributed by atoms with Crippen molar-refractivity contribution in [1.29, 1.82) is 0 Å². The molecule has 0 aliphatic rings. The molecule has 21 heavy (non-hydrogen) atoms. The summed E-state index contributed by atoms with van der Waals surface area (Å²) in [7, 11) is 0. The second-order valence-electron chi connectivity index (χ2n) is 4.92. The van der Waals surface area contributed by atoms with Crippen molar-refractivity contribution >= 4 is 17.8 Å². The zero-order chi connectivity index (χ0) is 16.0. The lowest BCUT2D eigenvalue weighted by atomic mass is 9.82. The number of primary amides is 1. The van der Waals surface area contributed by atoms with Crippen molar-refractivity contribution in [2.45, 2.75) is 26.7 Å². The predicted octanol–water partition coefficient (Wildman–Crippen LogP) is 1.41. The number of hydrogen-bond acceptors (Lipinski definition) is 3. The molecule has 1 aromatic carbocycles. The molecule has 1 rings (SSSR count). The number of carbonyl (C=O) groups is 3. The molecule has 0 radical (unpaired) electrons. The van der Waals surface area contributed by atoms with Gasteiger partial charge in [0.2, 0.25) is 5.91 Å². The normalized spacial score (nSPS) is 11.0. The van der Waals surface area contributed by atoms with Crippen molar-refractivity contribution < 1.29 is 19.5 Å². The molecule has 0 aliphatic heterocycles. The van der Waals surface area contributed by atoms with Gasteiger partial charge in [-0.2, -0.15) is 0 Å². The summed E-state index contributed by atoms with van der Waals surface area (Å²) < 4.78 is 0. The van der Waals surface area contributed by atoms with Crippen molar-refractivity contribution in [2.75, 3.05) is 6.54 Å². The minimum absolute atomic E-state index is 0.0612.